The third kappa shape index (κ3) is 5.10. The van der Waals surface area contributed by atoms with Gasteiger partial charge in [0.2, 0.25) is 0 Å². The Morgan fingerprint density at radius 3 is 2.76 bits per heavy atom. The van der Waals surface area contributed by atoms with Gasteiger partial charge in [-0.15, -0.1) is 10.2 Å². The van der Waals surface area contributed by atoms with Crippen LogP contribution < -0.4 is 10.1 Å². The lowest BCUT2D eigenvalue weighted by Crippen LogP contribution is -2.36. The second-order valence-electron chi connectivity index (χ2n) is 6.01. The van der Waals surface area contributed by atoms with E-state index < -0.39 is 0 Å². The van der Waals surface area contributed by atoms with Crippen molar-refractivity contribution in [2.24, 2.45) is 0 Å². The van der Waals surface area contributed by atoms with Crippen LogP contribution in [0.5, 0.6) is 5.75 Å². The fraction of sp³-hybridized carbons (Fsp3) is 0.500. The van der Waals surface area contributed by atoms with E-state index in [-0.39, 0.29) is 5.54 Å². The molecule has 2 rings (SSSR count). The van der Waals surface area contributed by atoms with E-state index in [4.69, 9.17) is 4.74 Å². The SMILES string of the molecule is COc1cccc(-c2nnc(CCCNC(C)(C)C)s2)c1. The average Bonchev–Trinajstić information content (AvgIpc) is 2.91. The largest absolute Gasteiger partial charge is 0.497 e. The molecule has 21 heavy (non-hydrogen) atoms. The summed E-state index contributed by atoms with van der Waals surface area (Å²) in [4.78, 5) is 0. The summed E-state index contributed by atoms with van der Waals surface area (Å²) in [6.45, 7) is 7.54. The molecule has 0 spiro atoms. The summed E-state index contributed by atoms with van der Waals surface area (Å²) >= 11 is 1.66. The van der Waals surface area contributed by atoms with E-state index in [0.717, 1.165) is 40.7 Å². The van der Waals surface area contributed by atoms with Crippen LogP contribution in [0.1, 0.15) is 32.2 Å². The number of nitrogens with one attached hydrogen (secondary N) is 1. The Balaban J connectivity index is 1.92. The second-order valence-corrected chi connectivity index (χ2v) is 7.08. The van der Waals surface area contributed by atoms with Crippen LogP contribution in [0.4, 0.5) is 0 Å². The van der Waals surface area contributed by atoms with Gasteiger partial charge in [-0.3, -0.25) is 0 Å². The van der Waals surface area contributed by atoms with Crippen LogP contribution >= 0.6 is 11.3 Å². The lowest BCUT2D eigenvalue weighted by molar-refractivity contribution is 0.415. The molecule has 0 aliphatic rings. The Bertz CT molecular complexity index is 575. The standard InChI is InChI=1S/C16H23N3OS/c1-16(2,3)17-10-6-9-14-18-19-15(21-14)12-7-5-8-13(11-12)20-4/h5,7-8,11,17H,6,9-10H2,1-4H3. The monoisotopic (exact) mass is 305 g/mol. The quantitative estimate of drug-likeness (QED) is 0.829. The maximum atomic E-state index is 5.24. The van der Waals surface area contributed by atoms with Gasteiger partial charge in [0.25, 0.3) is 0 Å². The lowest BCUT2D eigenvalue weighted by Gasteiger charge is -2.20. The molecule has 0 amide bonds. The number of methoxy groups -OCH3 is 1. The molecule has 0 atom stereocenters. The molecule has 0 aliphatic heterocycles. The minimum Gasteiger partial charge on any atom is -0.497 e. The van der Waals surface area contributed by atoms with Gasteiger partial charge >= 0.3 is 0 Å². The molecule has 1 heterocycles. The van der Waals surface area contributed by atoms with Gasteiger partial charge in [-0.05, 0) is 45.9 Å². The zero-order chi connectivity index (χ0) is 15.3. The highest BCUT2D eigenvalue weighted by atomic mass is 32.1. The molecule has 0 radical (unpaired) electrons. The first-order chi connectivity index (χ1) is 9.98. The van der Waals surface area contributed by atoms with E-state index in [1.807, 2.05) is 24.3 Å². The third-order valence-corrected chi connectivity index (χ3v) is 4.04. The van der Waals surface area contributed by atoms with Crippen LogP contribution in [0.2, 0.25) is 0 Å². The molecule has 0 fully saturated rings. The van der Waals surface area contributed by atoms with Crippen LogP contribution in [0, 0.1) is 0 Å². The summed E-state index contributed by atoms with van der Waals surface area (Å²) in [6.07, 6.45) is 2.04. The van der Waals surface area contributed by atoms with E-state index in [0.29, 0.717) is 0 Å². The van der Waals surface area contributed by atoms with Crippen LogP contribution in [0.3, 0.4) is 0 Å². The normalized spacial score (nSPS) is 11.6. The van der Waals surface area contributed by atoms with Crippen LogP contribution in [-0.4, -0.2) is 29.4 Å². The summed E-state index contributed by atoms with van der Waals surface area (Å²) in [6, 6.07) is 7.94. The van der Waals surface area contributed by atoms with Gasteiger partial charge in [0.1, 0.15) is 15.8 Å². The Labute approximate surface area is 130 Å². The van der Waals surface area contributed by atoms with Gasteiger partial charge < -0.3 is 10.1 Å². The lowest BCUT2D eigenvalue weighted by atomic mass is 10.1. The van der Waals surface area contributed by atoms with E-state index in [2.05, 4.69) is 36.3 Å². The summed E-state index contributed by atoms with van der Waals surface area (Å²) in [5.41, 5.74) is 1.23. The van der Waals surface area contributed by atoms with Crippen molar-refractivity contribution in [3.8, 4) is 16.3 Å². The fourth-order valence-electron chi connectivity index (χ4n) is 1.93. The number of hydrogen-bond donors (Lipinski definition) is 1. The zero-order valence-corrected chi connectivity index (χ0v) is 14.0. The van der Waals surface area contributed by atoms with E-state index in [9.17, 15) is 0 Å². The Morgan fingerprint density at radius 1 is 1.24 bits per heavy atom. The molecule has 0 unspecified atom stereocenters. The first-order valence-electron chi connectivity index (χ1n) is 7.20. The highest BCUT2D eigenvalue weighted by Crippen LogP contribution is 2.26. The topological polar surface area (TPSA) is 47.0 Å². The molecule has 5 heteroatoms. The van der Waals surface area contributed by atoms with Crippen molar-refractivity contribution < 1.29 is 4.74 Å². The predicted molar refractivity (Wildman–Crippen MR) is 88.0 cm³/mol. The van der Waals surface area contributed by atoms with Gasteiger partial charge in [-0.25, -0.2) is 0 Å². The van der Waals surface area contributed by atoms with Gasteiger partial charge in [-0.2, -0.15) is 0 Å². The number of rotatable bonds is 6. The molecule has 1 N–H and O–H groups in total. The molecule has 0 aliphatic carbocycles. The van der Waals surface area contributed by atoms with E-state index in [1.165, 1.54) is 0 Å². The number of benzene rings is 1. The number of aromatic nitrogens is 2. The number of hydrogen-bond acceptors (Lipinski definition) is 5. The predicted octanol–water partition coefficient (Wildman–Crippen LogP) is 3.53. The number of aryl methyl sites for hydroxylation is 1. The summed E-state index contributed by atoms with van der Waals surface area (Å²) in [5, 5.41) is 14.1. The van der Waals surface area contributed by atoms with Crippen molar-refractivity contribution >= 4 is 11.3 Å². The second kappa shape index (κ2) is 7.00. The van der Waals surface area contributed by atoms with Crippen LogP contribution in [0.25, 0.3) is 10.6 Å². The van der Waals surface area contributed by atoms with Crippen LogP contribution in [0.15, 0.2) is 24.3 Å². The first kappa shape index (κ1) is 15.9. The van der Waals surface area contributed by atoms with E-state index in [1.54, 1.807) is 18.4 Å². The smallest absolute Gasteiger partial charge is 0.147 e. The maximum absolute atomic E-state index is 5.24. The van der Waals surface area contributed by atoms with Crippen molar-refractivity contribution in [2.45, 2.75) is 39.2 Å². The van der Waals surface area contributed by atoms with Crippen molar-refractivity contribution in [1.29, 1.82) is 0 Å². The maximum Gasteiger partial charge on any atom is 0.147 e. The number of ether oxygens (including phenoxy) is 1. The van der Waals surface area contributed by atoms with Crippen molar-refractivity contribution in [3.63, 3.8) is 0 Å². The molecule has 1 aromatic heterocycles. The van der Waals surface area contributed by atoms with Gasteiger partial charge in [0, 0.05) is 17.5 Å². The summed E-state index contributed by atoms with van der Waals surface area (Å²) in [5.74, 6) is 0.846. The fourth-order valence-corrected chi connectivity index (χ4v) is 2.81. The average molecular weight is 305 g/mol. The molecular weight excluding hydrogens is 282 g/mol. The molecule has 2 aromatic rings. The van der Waals surface area contributed by atoms with Gasteiger partial charge in [0.15, 0.2) is 0 Å². The highest BCUT2D eigenvalue weighted by Gasteiger charge is 2.10. The van der Waals surface area contributed by atoms with Crippen molar-refractivity contribution in [2.75, 3.05) is 13.7 Å². The number of nitrogens with zero attached hydrogens (tertiary/aromatic N) is 2. The summed E-state index contributed by atoms with van der Waals surface area (Å²) < 4.78 is 5.24. The molecule has 4 nitrogen and oxygen atoms in total. The minimum atomic E-state index is 0.173. The Morgan fingerprint density at radius 2 is 2.05 bits per heavy atom. The van der Waals surface area contributed by atoms with Crippen LogP contribution in [-0.2, 0) is 6.42 Å². The third-order valence-electron chi connectivity index (χ3n) is 3.01. The molecule has 114 valence electrons. The van der Waals surface area contributed by atoms with Crippen molar-refractivity contribution in [3.05, 3.63) is 29.3 Å². The first-order valence-corrected chi connectivity index (χ1v) is 8.01. The van der Waals surface area contributed by atoms with Crippen molar-refractivity contribution in [1.82, 2.24) is 15.5 Å². The Kier molecular flexibility index (Phi) is 5.31. The molecule has 0 saturated carbocycles. The zero-order valence-electron chi connectivity index (χ0n) is 13.1. The highest BCUT2D eigenvalue weighted by molar-refractivity contribution is 7.14. The van der Waals surface area contributed by atoms with E-state index >= 15 is 0 Å². The van der Waals surface area contributed by atoms with Gasteiger partial charge in [-0.1, -0.05) is 23.5 Å². The molecule has 1 aromatic carbocycles. The Hall–Kier alpha value is -1.46. The molecule has 0 bridgehead atoms. The van der Waals surface area contributed by atoms with Gasteiger partial charge in [0.05, 0.1) is 7.11 Å². The molecule has 0 saturated heterocycles. The molecular formula is C16H23N3OS. The summed E-state index contributed by atoms with van der Waals surface area (Å²) in [7, 11) is 1.67. The minimum absolute atomic E-state index is 0.173.